The quantitative estimate of drug-likeness (QED) is 0.452. The van der Waals surface area contributed by atoms with Crippen molar-refractivity contribution in [2.24, 2.45) is 0 Å². The highest BCUT2D eigenvalue weighted by atomic mass is 16.2. The summed E-state index contributed by atoms with van der Waals surface area (Å²) in [6.07, 6.45) is 8.22. The summed E-state index contributed by atoms with van der Waals surface area (Å²) in [6.45, 7) is 4.15. The standard InChI is InChI=1S/C30H31N5O2/c1-34-12-14-35(15-13-34)27(36)17-21-5-2-4-20(16-21)7-9-23-18-25-22(19-32-23)8-10-24-28-26(33-29(24)25)6-3-11-31-30(28)37/h2,4-5,7-10,16,18-19,32H,3,6,11-15,17H2,1H3,(H,31,37). The molecule has 2 N–H and O–H groups in total. The zero-order valence-corrected chi connectivity index (χ0v) is 21.1. The largest absolute Gasteiger partial charge is 0.361 e. The number of carbonyl (C=O) groups is 2. The van der Waals surface area contributed by atoms with Gasteiger partial charge in [-0.15, -0.1) is 0 Å². The van der Waals surface area contributed by atoms with E-state index < -0.39 is 0 Å². The number of piperazine rings is 1. The van der Waals surface area contributed by atoms with Crippen LogP contribution in [-0.2, 0) is 17.6 Å². The lowest BCUT2D eigenvalue weighted by Gasteiger charge is -2.32. The first-order valence-electron chi connectivity index (χ1n) is 13.0. The van der Waals surface area contributed by atoms with Crippen molar-refractivity contribution in [2.45, 2.75) is 19.3 Å². The number of likely N-dealkylation sites (N-methyl/N-ethyl adjacent to an activating group) is 1. The maximum Gasteiger partial charge on any atom is 0.253 e. The van der Waals surface area contributed by atoms with Crippen molar-refractivity contribution in [3.63, 3.8) is 0 Å². The molecule has 37 heavy (non-hydrogen) atoms. The van der Waals surface area contributed by atoms with Crippen LogP contribution in [-0.4, -0.2) is 71.4 Å². The summed E-state index contributed by atoms with van der Waals surface area (Å²) < 4.78 is 0. The number of pyridine rings is 1. The van der Waals surface area contributed by atoms with Gasteiger partial charge in [-0.3, -0.25) is 14.6 Å². The second kappa shape index (κ2) is 9.82. The van der Waals surface area contributed by atoms with Gasteiger partial charge in [-0.25, -0.2) is 0 Å². The lowest BCUT2D eigenvalue weighted by molar-refractivity contribution is -0.132. The van der Waals surface area contributed by atoms with Gasteiger partial charge in [-0.1, -0.05) is 42.5 Å². The van der Waals surface area contributed by atoms with Crippen molar-refractivity contribution in [1.29, 1.82) is 0 Å². The fraction of sp³-hybridized carbons (Fsp3) is 0.300. The van der Waals surface area contributed by atoms with Crippen molar-refractivity contribution in [3.8, 4) is 0 Å². The van der Waals surface area contributed by atoms with Crippen molar-refractivity contribution >= 4 is 45.6 Å². The molecule has 4 heterocycles. The first kappa shape index (κ1) is 23.4. The third kappa shape index (κ3) is 4.74. The van der Waals surface area contributed by atoms with Crippen LogP contribution in [0.4, 0.5) is 0 Å². The van der Waals surface area contributed by atoms with Gasteiger partial charge in [0.15, 0.2) is 0 Å². The summed E-state index contributed by atoms with van der Waals surface area (Å²) >= 11 is 0. The minimum absolute atomic E-state index is 0.0250. The molecule has 0 atom stereocenters. The molecule has 2 aromatic heterocycles. The Kier molecular flexibility index (Phi) is 6.22. The number of hydrogen-bond donors (Lipinski definition) is 2. The van der Waals surface area contributed by atoms with E-state index in [9.17, 15) is 9.59 Å². The Morgan fingerprint density at radius 2 is 1.92 bits per heavy atom. The topological polar surface area (TPSA) is 81.3 Å². The third-order valence-electron chi connectivity index (χ3n) is 7.47. The van der Waals surface area contributed by atoms with Gasteiger partial charge in [0.1, 0.15) is 0 Å². The number of amides is 2. The number of H-pyrrole nitrogens is 1. The number of aromatic amines is 1. The highest BCUT2D eigenvalue weighted by Crippen LogP contribution is 2.31. The number of nitrogens with one attached hydrogen (secondary N) is 2. The molecule has 0 saturated carbocycles. The molecule has 2 amide bonds. The minimum Gasteiger partial charge on any atom is -0.361 e. The van der Waals surface area contributed by atoms with Crippen LogP contribution in [0.5, 0.6) is 0 Å². The maximum atomic E-state index is 12.8. The van der Waals surface area contributed by atoms with E-state index in [4.69, 9.17) is 4.98 Å². The normalized spacial score (nSPS) is 16.8. The van der Waals surface area contributed by atoms with Crippen molar-refractivity contribution in [2.75, 3.05) is 39.8 Å². The molecule has 2 aliphatic heterocycles. The highest BCUT2D eigenvalue weighted by molar-refractivity contribution is 6.15. The Balaban J connectivity index is 1.24. The predicted molar refractivity (Wildman–Crippen MR) is 147 cm³/mol. The first-order valence-corrected chi connectivity index (χ1v) is 13.0. The molecule has 0 unspecified atom stereocenters. The van der Waals surface area contributed by atoms with Crippen LogP contribution in [0, 0.1) is 0 Å². The van der Waals surface area contributed by atoms with Gasteiger partial charge in [-0.05, 0) is 48.5 Å². The van der Waals surface area contributed by atoms with Gasteiger partial charge >= 0.3 is 0 Å². The summed E-state index contributed by atoms with van der Waals surface area (Å²) in [5, 5.41) is 6.00. The van der Waals surface area contributed by atoms with E-state index in [1.807, 2.05) is 47.5 Å². The van der Waals surface area contributed by atoms with E-state index in [-0.39, 0.29) is 11.8 Å². The molecule has 1 fully saturated rings. The summed E-state index contributed by atoms with van der Waals surface area (Å²) in [4.78, 5) is 37.9. The number of fused-ring (bicyclic) bond motifs is 5. The molecule has 188 valence electrons. The van der Waals surface area contributed by atoms with Gasteiger partial charge in [0, 0.05) is 55.4 Å². The second-order valence-corrected chi connectivity index (χ2v) is 10.1. The van der Waals surface area contributed by atoms with Crippen molar-refractivity contribution in [3.05, 3.63) is 76.7 Å². The van der Waals surface area contributed by atoms with Gasteiger partial charge in [0.05, 0.1) is 23.2 Å². The van der Waals surface area contributed by atoms with Crippen LogP contribution in [0.25, 0.3) is 33.8 Å². The van der Waals surface area contributed by atoms with E-state index in [0.29, 0.717) is 13.0 Å². The van der Waals surface area contributed by atoms with Gasteiger partial charge in [0.25, 0.3) is 5.91 Å². The van der Waals surface area contributed by atoms with E-state index >= 15 is 0 Å². The Bertz CT molecular complexity index is 1530. The van der Waals surface area contributed by atoms with Crippen LogP contribution < -0.4 is 5.32 Å². The molecule has 4 aromatic rings. The SMILES string of the molecule is CN1CCN(C(=O)Cc2cccc(C=Cc3cc4c(ccc5c6c(nc54)CCCNC6=O)c[nH]3)c2)CC1. The molecule has 6 rings (SSSR count). The molecule has 2 aliphatic rings. The second-order valence-electron chi connectivity index (χ2n) is 10.1. The number of rotatable bonds is 4. The smallest absolute Gasteiger partial charge is 0.253 e. The summed E-state index contributed by atoms with van der Waals surface area (Å²) in [5.41, 5.74) is 5.52. The summed E-state index contributed by atoms with van der Waals surface area (Å²) in [7, 11) is 2.09. The average Bonchev–Trinajstić information content (AvgIpc) is 3.19. The Morgan fingerprint density at radius 3 is 2.78 bits per heavy atom. The summed E-state index contributed by atoms with van der Waals surface area (Å²) in [6, 6.07) is 14.3. The Labute approximate surface area is 216 Å². The Morgan fingerprint density at radius 1 is 1.05 bits per heavy atom. The van der Waals surface area contributed by atoms with Crippen LogP contribution in [0.3, 0.4) is 0 Å². The van der Waals surface area contributed by atoms with Gasteiger partial charge in [-0.2, -0.15) is 0 Å². The number of benzene rings is 2. The van der Waals surface area contributed by atoms with E-state index in [1.54, 1.807) is 0 Å². The van der Waals surface area contributed by atoms with Crippen molar-refractivity contribution in [1.82, 2.24) is 25.1 Å². The molecule has 0 radical (unpaired) electrons. The average molecular weight is 494 g/mol. The number of hydrogen-bond acceptors (Lipinski definition) is 4. The van der Waals surface area contributed by atoms with Gasteiger partial charge < -0.3 is 20.1 Å². The fourth-order valence-corrected chi connectivity index (χ4v) is 5.34. The number of carbonyl (C=O) groups excluding carboxylic acids is 2. The third-order valence-corrected chi connectivity index (χ3v) is 7.47. The van der Waals surface area contributed by atoms with E-state index in [0.717, 1.165) is 88.8 Å². The summed E-state index contributed by atoms with van der Waals surface area (Å²) in [5.74, 6) is 0.165. The number of aromatic nitrogens is 2. The molecule has 7 nitrogen and oxygen atoms in total. The molecule has 1 saturated heterocycles. The molecular weight excluding hydrogens is 462 g/mol. The number of aryl methyl sites for hydroxylation is 1. The zero-order valence-electron chi connectivity index (χ0n) is 21.1. The fourth-order valence-electron chi connectivity index (χ4n) is 5.34. The van der Waals surface area contributed by atoms with Crippen LogP contribution in [0.15, 0.2) is 48.7 Å². The molecule has 0 bridgehead atoms. The first-order chi connectivity index (χ1) is 18.0. The van der Waals surface area contributed by atoms with Crippen LogP contribution >= 0.6 is 0 Å². The predicted octanol–water partition coefficient (Wildman–Crippen LogP) is 3.88. The van der Waals surface area contributed by atoms with Crippen LogP contribution in [0.2, 0.25) is 0 Å². The van der Waals surface area contributed by atoms with Gasteiger partial charge in [0.2, 0.25) is 5.91 Å². The molecule has 7 heteroatoms. The van der Waals surface area contributed by atoms with E-state index in [2.05, 4.69) is 40.5 Å². The lowest BCUT2D eigenvalue weighted by atomic mass is 10.0. The maximum absolute atomic E-state index is 12.8. The van der Waals surface area contributed by atoms with Crippen LogP contribution in [0.1, 0.15) is 39.3 Å². The highest BCUT2D eigenvalue weighted by Gasteiger charge is 2.23. The number of nitrogens with zero attached hydrogens (tertiary/aromatic N) is 3. The zero-order chi connectivity index (χ0) is 25.4. The van der Waals surface area contributed by atoms with E-state index in [1.165, 1.54) is 0 Å². The molecule has 0 aliphatic carbocycles. The Hall–Kier alpha value is -3.97. The molecule has 0 spiro atoms. The monoisotopic (exact) mass is 493 g/mol. The molecule has 2 aromatic carbocycles. The lowest BCUT2D eigenvalue weighted by Crippen LogP contribution is -2.47. The van der Waals surface area contributed by atoms with Crippen molar-refractivity contribution < 1.29 is 9.59 Å². The minimum atomic E-state index is -0.0250. The molecular formula is C30H31N5O2.